The molecule has 3 atom stereocenters. The second-order valence-corrected chi connectivity index (χ2v) is 9.26. The zero-order valence-electron chi connectivity index (χ0n) is 11.0. The molecule has 3 unspecified atom stereocenters. The number of nitrogens with one attached hydrogen (secondary N) is 1. The lowest BCUT2D eigenvalue weighted by molar-refractivity contribution is -0.103. The van der Waals surface area contributed by atoms with E-state index in [0.29, 0.717) is 5.92 Å². The Morgan fingerprint density at radius 3 is 2.90 bits per heavy atom. The second-order valence-electron chi connectivity index (χ2n) is 5.51. The van der Waals surface area contributed by atoms with Crippen molar-refractivity contribution in [1.29, 1.82) is 0 Å². The van der Waals surface area contributed by atoms with Gasteiger partial charge in [-0.25, -0.2) is 0 Å². The summed E-state index contributed by atoms with van der Waals surface area (Å²) in [5, 5.41) is 0. The molecule has 3 N–H and O–H groups in total. The Hall–Kier alpha value is 0.500. The molecule has 0 radical (unpaired) electrons. The van der Waals surface area contributed by atoms with Crippen molar-refractivity contribution >= 4 is 43.2 Å². The van der Waals surface area contributed by atoms with Gasteiger partial charge in [-0.1, -0.05) is 0 Å². The van der Waals surface area contributed by atoms with E-state index in [-0.39, 0.29) is 11.6 Å². The lowest BCUT2D eigenvalue weighted by Gasteiger charge is -2.40. The van der Waals surface area contributed by atoms with Crippen LogP contribution in [0, 0.1) is 5.92 Å². The van der Waals surface area contributed by atoms with Crippen LogP contribution in [-0.2, 0) is 9.47 Å². The highest BCUT2D eigenvalue weighted by molar-refractivity contribution is 9.12. The van der Waals surface area contributed by atoms with Crippen molar-refractivity contribution < 1.29 is 9.47 Å². The monoisotopic (exact) mass is 424 g/mol. The quantitative estimate of drug-likeness (QED) is 0.575. The highest BCUT2D eigenvalue weighted by Crippen LogP contribution is 2.44. The predicted octanol–water partition coefficient (Wildman–Crippen LogP) is 3.36. The SMILES string of the molecule is NNC(c1cc(Br)sc1Br)C1CCOC2(CCOC2)C1. The van der Waals surface area contributed by atoms with Crippen LogP contribution >= 0.6 is 43.2 Å². The van der Waals surface area contributed by atoms with Gasteiger partial charge >= 0.3 is 0 Å². The average Bonchev–Trinajstić information content (AvgIpc) is 2.99. The van der Waals surface area contributed by atoms with E-state index in [1.165, 1.54) is 5.56 Å². The van der Waals surface area contributed by atoms with Crippen LogP contribution in [0.4, 0.5) is 0 Å². The molecule has 0 aromatic carbocycles. The number of hydrogen-bond donors (Lipinski definition) is 2. The lowest BCUT2D eigenvalue weighted by Crippen LogP contribution is -2.45. The first-order valence-electron chi connectivity index (χ1n) is 6.76. The molecule has 7 heteroatoms. The molecule has 3 rings (SSSR count). The Balaban J connectivity index is 1.80. The first-order valence-corrected chi connectivity index (χ1v) is 9.16. The number of thiophene rings is 1. The van der Waals surface area contributed by atoms with Gasteiger partial charge in [0.15, 0.2) is 0 Å². The van der Waals surface area contributed by atoms with E-state index in [1.54, 1.807) is 11.3 Å². The first-order chi connectivity index (χ1) is 9.63. The zero-order chi connectivity index (χ0) is 14.2. The van der Waals surface area contributed by atoms with Gasteiger partial charge in [0.1, 0.15) is 0 Å². The maximum absolute atomic E-state index is 6.01. The number of hydrogen-bond acceptors (Lipinski definition) is 5. The topological polar surface area (TPSA) is 56.5 Å². The van der Waals surface area contributed by atoms with Gasteiger partial charge in [0.2, 0.25) is 0 Å². The zero-order valence-corrected chi connectivity index (χ0v) is 15.0. The van der Waals surface area contributed by atoms with Crippen LogP contribution in [0.3, 0.4) is 0 Å². The predicted molar refractivity (Wildman–Crippen MR) is 86.6 cm³/mol. The van der Waals surface area contributed by atoms with E-state index in [4.69, 9.17) is 15.3 Å². The summed E-state index contributed by atoms with van der Waals surface area (Å²) in [5.41, 5.74) is 4.15. The highest BCUT2D eigenvalue weighted by atomic mass is 79.9. The highest BCUT2D eigenvalue weighted by Gasteiger charge is 2.43. The van der Waals surface area contributed by atoms with Gasteiger partial charge in [-0.05, 0) is 62.2 Å². The van der Waals surface area contributed by atoms with E-state index < -0.39 is 0 Å². The van der Waals surface area contributed by atoms with Gasteiger partial charge in [-0.2, -0.15) is 0 Å². The summed E-state index contributed by atoms with van der Waals surface area (Å²) in [4.78, 5) is 0. The minimum absolute atomic E-state index is 0.0856. The van der Waals surface area contributed by atoms with Gasteiger partial charge in [0, 0.05) is 19.6 Å². The second kappa shape index (κ2) is 6.32. The van der Waals surface area contributed by atoms with E-state index in [1.807, 2.05) is 0 Å². The van der Waals surface area contributed by atoms with Crippen molar-refractivity contribution in [2.45, 2.75) is 30.9 Å². The van der Waals surface area contributed by atoms with Gasteiger partial charge < -0.3 is 9.47 Å². The summed E-state index contributed by atoms with van der Waals surface area (Å²) in [5.74, 6) is 6.31. The van der Waals surface area contributed by atoms with Crippen molar-refractivity contribution in [2.24, 2.45) is 11.8 Å². The molecular weight excluding hydrogens is 408 g/mol. The summed E-state index contributed by atoms with van der Waals surface area (Å²) in [7, 11) is 0. The van der Waals surface area contributed by atoms with Crippen molar-refractivity contribution in [3.63, 3.8) is 0 Å². The van der Waals surface area contributed by atoms with Crippen LogP contribution in [0.25, 0.3) is 0 Å². The van der Waals surface area contributed by atoms with Crippen molar-refractivity contribution in [3.05, 3.63) is 19.2 Å². The third-order valence-corrected chi connectivity index (χ3v) is 6.65. The van der Waals surface area contributed by atoms with Crippen molar-refractivity contribution in [3.8, 4) is 0 Å². The number of rotatable bonds is 3. The summed E-state index contributed by atoms with van der Waals surface area (Å²) >= 11 is 8.86. The Morgan fingerprint density at radius 2 is 2.30 bits per heavy atom. The van der Waals surface area contributed by atoms with Crippen molar-refractivity contribution in [1.82, 2.24) is 5.43 Å². The standard InChI is InChI=1S/C13H18Br2N2O2S/c14-10-5-9(12(15)20-10)11(17-16)8-1-3-19-13(6-8)2-4-18-7-13/h5,8,11,17H,1-4,6-7,16H2. The van der Waals surface area contributed by atoms with Crippen LogP contribution in [0.2, 0.25) is 0 Å². The largest absolute Gasteiger partial charge is 0.378 e. The van der Waals surface area contributed by atoms with E-state index in [0.717, 1.165) is 46.7 Å². The fraction of sp³-hybridized carbons (Fsp3) is 0.692. The molecule has 1 spiro atoms. The molecule has 0 bridgehead atoms. The Morgan fingerprint density at radius 1 is 1.45 bits per heavy atom. The number of ether oxygens (including phenoxy) is 2. The smallest absolute Gasteiger partial charge is 0.0940 e. The average molecular weight is 426 g/mol. The van der Waals surface area contributed by atoms with Gasteiger partial charge in [0.05, 0.1) is 25.8 Å². The molecule has 3 heterocycles. The Kier molecular flexibility index (Phi) is 4.86. The summed E-state index contributed by atoms with van der Waals surface area (Å²) in [6.45, 7) is 2.31. The molecule has 0 amide bonds. The normalized spacial score (nSPS) is 31.9. The van der Waals surface area contributed by atoms with Gasteiger partial charge in [-0.3, -0.25) is 11.3 Å². The van der Waals surface area contributed by atoms with Gasteiger partial charge in [0.25, 0.3) is 0 Å². The number of nitrogens with two attached hydrogens (primary N) is 1. The van der Waals surface area contributed by atoms with Crippen molar-refractivity contribution in [2.75, 3.05) is 19.8 Å². The molecule has 112 valence electrons. The third-order valence-electron chi connectivity index (χ3n) is 4.27. The molecular formula is C13H18Br2N2O2S. The molecule has 0 aliphatic carbocycles. The fourth-order valence-corrected chi connectivity index (χ4v) is 6.19. The van der Waals surface area contributed by atoms with Crippen LogP contribution in [0.1, 0.15) is 30.9 Å². The van der Waals surface area contributed by atoms with Crippen LogP contribution in [0.15, 0.2) is 13.6 Å². The van der Waals surface area contributed by atoms with Crippen LogP contribution in [0.5, 0.6) is 0 Å². The number of hydrazine groups is 1. The van der Waals surface area contributed by atoms with Crippen LogP contribution in [-0.4, -0.2) is 25.4 Å². The van der Waals surface area contributed by atoms with E-state index >= 15 is 0 Å². The molecule has 0 saturated carbocycles. The molecule has 1 aromatic rings. The molecule has 2 fully saturated rings. The van der Waals surface area contributed by atoms with E-state index in [2.05, 4.69) is 43.4 Å². The summed E-state index contributed by atoms with van der Waals surface area (Å²) in [6, 6.07) is 2.29. The third kappa shape index (κ3) is 2.99. The van der Waals surface area contributed by atoms with Gasteiger partial charge in [-0.15, -0.1) is 11.3 Å². The Labute approximate surface area is 139 Å². The lowest BCUT2D eigenvalue weighted by atomic mass is 9.79. The minimum atomic E-state index is -0.0856. The fourth-order valence-electron chi connectivity index (χ4n) is 3.26. The first kappa shape index (κ1) is 15.4. The molecule has 20 heavy (non-hydrogen) atoms. The molecule has 2 aliphatic rings. The van der Waals surface area contributed by atoms with E-state index in [9.17, 15) is 0 Å². The maximum Gasteiger partial charge on any atom is 0.0940 e. The molecule has 1 aromatic heterocycles. The molecule has 4 nitrogen and oxygen atoms in total. The maximum atomic E-state index is 6.01. The summed E-state index contributed by atoms with van der Waals surface area (Å²) < 4.78 is 13.8. The minimum Gasteiger partial charge on any atom is -0.378 e. The molecule has 2 saturated heterocycles. The van der Waals surface area contributed by atoms with Crippen LogP contribution < -0.4 is 11.3 Å². The Bertz CT molecular complexity index is 477. The summed E-state index contributed by atoms with van der Waals surface area (Å²) in [6.07, 6.45) is 3.02. The molecule has 2 aliphatic heterocycles. The number of halogens is 2.